The predicted octanol–water partition coefficient (Wildman–Crippen LogP) is 3.89. The first-order valence-corrected chi connectivity index (χ1v) is 11.5. The number of benzene rings is 2. The molecule has 2 aromatic carbocycles. The maximum absolute atomic E-state index is 12.6. The Balaban J connectivity index is 1.59. The van der Waals surface area contributed by atoms with E-state index in [4.69, 9.17) is 11.6 Å². The van der Waals surface area contributed by atoms with Crippen LogP contribution in [0.1, 0.15) is 22.3 Å². The lowest BCUT2D eigenvalue weighted by Gasteiger charge is -2.23. The number of carbonyl (C=O) groups excluding carboxylic acids is 1. The van der Waals surface area contributed by atoms with Crippen molar-refractivity contribution < 1.29 is 13.2 Å². The summed E-state index contributed by atoms with van der Waals surface area (Å²) in [5.74, 6) is 0.887. The smallest absolute Gasteiger partial charge is 0.253 e. The van der Waals surface area contributed by atoms with Gasteiger partial charge < -0.3 is 4.90 Å². The molecular weight excluding hydrogens is 390 g/mol. The molecule has 1 atom stereocenters. The zero-order chi connectivity index (χ0) is 18.7. The summed E-state index contributed by atoms with van der Waals surface area (Å²) in [7, 11) is -1.33. The van der Waals surface area contributed by atoms with Gasteiger partial charge in [0, 0.05) is 34.3 Å². The minimum atomic E-state index is -3.00. The number of carbonyl (C=O) groups is 1. The Morgan fingerprint density at radius 3 is 2.38 bits per heavy atom. The monoisotopic (exact) mass is 409 g/mol. The largest absolute Gasteiger partial charge is 0.338 e. The summed E-state index contributed by atoms with van der Waals surface area (Å²) in [6.07, 6.45) is 0.514. The third-order valence-electron chi connectivity index (χ3n) is 4.50. The number of hydrogen-bond acceptors (Lipinski definition) is 4. The van der Waals surface area contributed by atoms with Crippen molar-refractivity contribution in [3.63, 3.8) is 0 Å². The van der Waals surface area contributed by atoms with E-state index in [1.807, 2.05) is 36.4 Å². The van der Waals surface area contributed by atoms with Crippen molar-refractivity contribution in [3.05, 3.63) is 64.7 Å². The van der Waals surface area contributed by atoms with Gasteiger partial charge in [0.1, 0.15) is 0 Å². The van der Waals surface area contributed by atoms with Crippen LogP contribution in [0.5, 0.6) is 0 Å². The fourth-order valence-corrected chi connectivity index (χ4v) is 5.65. The average molecular weight is 410 g/mol. The maximum atomic E-state index is 12.6. The van der Waals surface area contributed by atoms with Gasteiger partial charge in [-0.15, -0.1) is 11.8 Å². The van der Waals surface area contributed by atoms with Crippen molar-refractivity contribution in [2.75, 3.05) is 18.6 Å². The van der Waals surface area contributed by atoms with Crippen LogP contribution >= 0.6 is 23.4 Å². The van der Waals surface area contributed by atoms with Gasteiger partial charge in [0.2, 0.25) is 0 Å². The third kappa shape index (κ3) is 4.81. The van der Waals surface area contributed by atoms with Gasteiger partial charge >= 0.3 is 0 Å². The van der Waals surface area contributed by atoms with Crippen molar-refractivity contribution in [2.45, 2.75) is 23.1 Å². The van der Waals surface area contributed by atoms with Gasteiger partial charge in [-0.05, 0) is 48.4 Å². The van der Waals surface area contributed by atoms with Crippen molar-refractivity contribution in [1.82, 2.24) is 4.90 Å². The molecule has 1 fully saturated rings. The van der Waals surface area contributed by atoms with Gasteiger partial charge in [0.05, 0.1) is 11.5 Å². The molecule has 4 nitrogen and oxygen atoms in total. The van der Waals surface area contributed by atoms with Gasteiger partial charge in [-0.25, -0.2) is 8.42 Å². The highest BCUT2D eigenvalue weighted by Gasteiger charge is 2.32. The lowest BCUT2D eigenvalue weighted by Crippen LogP contribution is -2.37. The fourth-order valence-electron chi connectivity index (χ4n) is 2.89. The zero-order valence-corrected chi connectivity index (χ0v) is 16.8. The molecule has 2 aromatic rings. The predicted molar refractivity (Wildman–Crippen MR) is 107 cm³/mol. The van der Waals surface area contributed by atoms with Crippen molar-refractivity contribution >= 4 is 39.1 Å². The molecule has 7 heteroatoms. The van der Waals surface area contributed by atoms with Crippen LogP contribution in [0.2, 0.25) is 5.02 Å². The summed E-state index contributed by atoms with van der Waals surface area (Å²) in [6.45, 7) is 0. The van der Waals surface area contributed by atoms with Crippen LogP contribution in [0.4, 0.5) is 0 Å². The molecule has 1 saturated heterocycles. The van der Waals surface area contributed by atoms with E-state index in [0.717, 1.165) is 21.2 Å². The van der Waals surface area contributed by atoms with Crippen LogP contribution in [-0.2, 0) is 15.6 Å². The molecule has 0 N–H and O–H groups in total. The second-order valence-electron chi connectivity index (χ2n) is 6.41. The highest BCUT2D eigenvalue weighted by atomic mass is 35.5. The van der Waals surface area contributed by atoms with Crippen LogP contribution in [0.15, 0.2) is 53.4 Å². The van der Waals surface area contributed by atoms with Gasteiger partial charge in [-0.3, -0.25) is 4.79 Å². The quantitative estimate of drug-likeness (QED) is 0.703. The molecule has 1 unspecified atom stereocenters. The SMILES string of the molecule is CN(C(=O)c1ccc(CSc2ccc(Cl)cc2)cc1)C1CCS(=O)(=O)C1. The number of nitrogens with zero attached hydrogens (tertiary/aromatic N) is 1. The number of rotatable bonds is 5. The van der Waals surface area contributed by atoms with Crippen molar-refractivity contribution in [3.8, 4) is 0 Å². The maximum Gasteiger partial charge on any atom is 0.253 e. The molecule has 1 aliphatic rings. The Morgan fingerprint density at radius 2 is 1.81 bits per heavy atom. The third-order valence-corrected chi connectivity index (χ3v) is 7.58. The van der Waals surface area contributed by atoms with Gasteiger partial charge in [-0.2, -0.15) is 0 Å². The Morgan fingerprint density at radius 1 is 1.15 bits per heavy atom. The number of halogens is 1. The summed E-state index contributed by atoms with van der Waals surface area (Å²) in [4.78, 5) is 15.3. The second kappa shape index (κ2) is 8.03. The fraction of sp³-hybridized carbons (Fsp3) is 0.316. The molecule has 0 aromatic heterocycles. The molecule has 1 aliphatic heterocycles. The van der Waals surface area contributed by atoms with E-state index in [-0.39, 0.29) is 23.5 Å². The Bertz CT molecular complexity index is 880. The molecule has 138 valence electrons. The van der Waals surface area contributed by atoms with Crippen LogP contribution in [0.3, 0.4) is 0 Å². The van der Waals surface area contributed by atoms with E-state index in [1.54, 1.807) is 35.8 Å². The second-order valence-corrected chi connectivity index (χ2v) is 10.1. The van der Waals surface area contributed by atoms with E-state index < -0.39 is 9.84 Å². The number of hydrogen-bond donors (Lipinski definition) is 0. The zero-order valence-electron chi connectivity index (χ0n) is 14.4. The lowest BCUT2D eigenvalue weighted by molar-refractivity contribution is 0.0747. The molecule has 3 rings (SSSR count). The number of thioether (sulfide) groups is 1. The minimum absolute atomic E-state index is 0.0606. The first-order valence-electron chi connectivity index (χ1n) is 8.29. The molecule has 1 amide bonds. The molecule has 1 heterocycles. The van der Waals surface area contributed by atoms with Gasteiger partial charge in [0.15, 0.2) is 9.84 Å². The van der Waals surface area contributed by atoms with Crippen LogP contribution in [0, 0.1) is 0 Å². The number of sulfone groups is 1. The molecule has 0 spiro atoms. The minimum Gasteiger partial charge on any atom is -0.338 e. The van der Waals surface area contributed by atoms with Crippen molar-refractivity contribution in [1.29, 1.82) is 0 Å². The van der Waals surface area contributed by atoms with E-state index in [0.29, 0.717) is 12.0 Å². The molecular formula is C19H20ClNO3S2. The highest BCUT2D eigenvalue weighted by Crippen LogP contribution is 2.25. The first kappa shape index (κ1) is 19.3. The molecule has 0 aliphatic carbocycles. The van der Waals surface area contributed by atoms with Crippen LogP contribution in [-0.4, -0.2) is 43.8 Å². The topological polar surface area (TPSA) is 54.5 Å². The van der Waals surface area contributed by atoms with Gasteiger partial charge in [0.25, 0.3) is 5.91 Å². The standard InChI is InChI=1S/C19H20ClNO3S2/c1-21(17-10-11-26(23,24)13-17)19(22)15-4-2-14(3-5-15)12-25-18-8-6-16(20)7-9-18/h2-9,17H,10-13H2,1H3. The molecule has 0 bridgehead atoms. The van der Waals surface area contributed by atoms with E-state index in [2.05, 4.69) is 0 Å². The number of amides is 1. The van der Waals surface area contributed by atoms with Gasteiger partial charge in [-0.1, -0.05) is 23.7 Å². The summed E-state index contributed by atoms with van der Waals surface area (Å²) >= 11 is 7.59. The Labute approximate surface area is 163 Å². The van der Waals surface area contributed by atoms with E-state index >= 15 is 0 Å². The lowest BCUT2D eigenvalue weighted by atomic mass is 10.1. The molecule has 0 saturated carbocycles. The van der Waals surface area contributed by atoms with E-state index in [1.165, 1.54) is 0 Å². The Kier molecular flexibility index (Phi) is 5.95. The van der Waals surface area contributed by atoms with Crippen LogP contribution < -0.4 is 0 Å². The summed E-state index contributed by atoms with van der Waals surface area (Å²) < 4.78 is 23.2. The highest BCUT2D eigenvalue weighted by molar-refractivity contribution is 7.98. The normalized spacial score (nSPS) is 18.6. The average Bonchev–Trinajstić information content (AvgIpc) is 3.00. The van der Waals surface area contributed by atoms with Crippen LogP contribution in [0.25, 0.3) is 0 Å². The summed E-state index contributed by atoms with van der Waals surface area (Å²) in [5.41, 5.74) is 1.70. The Hall–Kier alpha value is -1.50. The summed E-state index contributed by atoms with van der Waals surface area (Å²) in [6, 6.07) is 15.0. The summed E-state index contributed by atoms with van der Waals surface area (Å²) in [5, 5.41) is 0.719. The van der Waals surface area contributed by atoms with E-state index in [9.17, 15) is 13.2 Å². The first-order chi connectivity index (χ1) is 12.3. The molecule has 26 heavy (non-hydrogen) atoms. The van der Waals surface area contributed by atoms with Crippen molar-refractivity contribution in [2.24, 2.45) is 0 Å². The molecule has 0 radical (unpaired) electrons.